The van der Waals surface area contributed by atoms with Crippen LogP contribution in [0.15, 0.2) is 41.7 Å². The van der Waals surface area contributed by atoms with Gasteiger partial charge in [0.1, 0.15) is 42.2 Å². The number of aryl methyl sites for hydroxylation is 1. The maximum Gasteiger partial charge on any atom is 0.269 e. The van der Waals surface area contributed by atoms with Crippen LogP contribution in [0, 0.1) is 0 Å². The molecule has 1 aromatic heterocycles. The van der Waals surface area contributed by atoms with Gasteiger partial charge in [0.05, 0.1) is 12.7 Å². The highest BCUT2D eigenvalue weighted by atomic mass is 16.5. The summed E-state index contributed by atoms with van der Waals surface area (Å²) in [7, 11) is 0. The molecule has 2 aromatic rings. The van der Waals surface area contributed by atoms with Gasteiger partial charge < -0.3 is 41.7 Å². The molecular weight excluding hydrogens is 556 g/mol. The molecule has 9 N–H and O–H groups in total. The molecule has 43 heavy (non-hydrogen) atoms. The quantitative estimate of drug-likeness (QED) is 0.0538. The lowest BCUT2D eigenvalue weighted by Gasteiger charge is -2.30. The Kier molecular flexibility index (Phi) is 16.6. The van der Waals surface area contributed by atoms with Crippen LogP contribution in [0.3, 0.4) is 0 Å². The summed E-state index contributed by atoms with van der Waals surface area (Å²) in [5.41, 5.74) is 12.6. The van der Waals surface area contributed by atoms with Gasteiger partial charge in [-0.1, -0.05) is 38.3 Å². The van der Waals surface area contributed by atoms with E-state index < -0.39 is 36.9 Å². The molecule has 13 heteroatoms. The zero-order valence-corrected chi connectivity index (χ0v) is 25.0. The van der Waals surface area contributed by atoms with Crippen molar-refractivity contribution >= 4 is 11.7 Å². The first-order valence-corrected chi connectivity index (χ1v) is 14.9. The van der Waals surface area contributed by atoms with Crippen LogP contribution in [0.2, 0.25) is 0 Å². The number of primary amides is 1. The van der Waals surface area contributed by atoms with Gasteiger partial charge in [-0.05, 0) is 49.9 Å². The van der Waals surface area contributed by atoms with Crippen LogP contribution >= 0.6 is 0 Å². The Hall–Kier alpha value is -3.20. The number of benzene rings is 1. The van der Waals surface area contributed by atoms with Crippen LogP contribution in [0.25, 0.3) is 0 Å². The zero-order valence-electron chi connectivity index (χ0n) is 25.0. The van der Waals surface area contributed by atoms with Gasteiger partial charge in [0, 0.05) is 32.0 Å². The fourth-order valence-electron chi connectivity index (χ4n) is 4.46. The fourth-order valence-corrected chi connectivity index (χ4v) is 4.46. The van der Waals surface area contributed by atoms with Crippen molar-refractivity contribution in [2.75, 3.05) is 39.4 Å². The zero-order chi connectivity index (χ0) is 31.6. The number of hydrogen-bond acceptors (Lipinski definition) is 11. The Morgan fingerprint density at radius 1 is 0.907 bits per heavy atom. The highest BCUT2D eigenvalue weighted by Gasteiger charge is 2.31. The molecule has 1 aromatic carbocycles. The van der Waals surface area contributed by atoms with E-state index in [1.165, 1.54) is 12.4 Å². The monoisotopic (exact) mass is 604 g/mol. The van der Waals surface area contributed by atoms with Crippen LogP contribution in [-0.4, -0.2) is 116 Å². The lowest BCUT2D eigenvalue weighted by Crippen LogP contribution is -2.50. The van der Waals surface area contributed by atoms with E-state index in [1.54, 1.807) is 0 Å². The first kappa shape index (κ1) is 36.0. The number of carbonyl (C=O) groups excluding carboxylic acids is 1. The van der Waals surface area contributed by atoms with Gasteiger partial charge in [0.15, 0.2) is 5.69 Å². The lowest BCUT2D eigenvalue weighted by atomic mass is 10.0. The van der Waals surface area contributed by atoms with E-state index in [-0.39, 0.29) is 23.8 Å². The van der Waals surface area contributed by atoms with Crippen LogP contribution in [0.4, 0.5) is 0 Å². The van der Waals surface area contributed by atoms with Gasteiger partial charge in [-0.25, -0.2) is 9.97 Å². The summed E-state index contributed by atoms with van der Waals surface area (Å²) in [5, 5.41) is 49.2. The summed E-state index contributed by atoms with van der Waals surface area (Å²) >= 11 is 0. The molecule has 0 aliphatic carbocycles. The van der Waals surface area contributed by atoms with Gasteiger partial charge >= 0.3 is 0 Å². The topological polar surface area (TPSA) is 221 Å². The molecule has 0 aliphatic heterocycles. The van der Waals surface area contributed by atoms with E-state index in [0.29, 0.717) is 32.0 Å². The number of carbonyl (C=O) groups is 1. The van der Waals surface area contributed by atoms with E-state index in [4.69, 9.17) is 21.3 Å². The molecule has 0 fully saturated rings. The third-order valence-corrected chi connectivity index (χ3v) is 7.03. The number of rotatable bonds is 22. The molecule has 0 bridgehead atoms. The first-order valence-electron chi connectivity index (χ1n) is 14.9. The van der Waals surface area contributed by atoms with Crippen LogP contribution in [0.5, 0.6) is 5.75 Å². The smallest absolute Gasteiger partial charge is 0.269 e. The highest BCUT2D eigenvalue weighted by molar-refractivity contribution is 6.05. The molecule has 1 amide bonds. The van der Waals surface area contributed by atoms with E-state index in [2.05, 4.69) is 21.9 Å². The Labute approximate surface area is 253 Å². The second-order valence-corrected chi connectivity index (χ2v) is 10.5. The molecule has 240 valence electrons. The molecule has 2 rings (SSSR count). The standard InChI is InChI=1S/C30H48N6O7/c1-2-3-4-7-16-36(19-23(38)27(40)28(41)24(39)20-37)17-18-43-22-11-9-21(10-12-22)8-5-6-13-35-29(31)25-26(30(32)42)34-15-14-33-25/h9-12,14-15,23-24,27-28,37-41H,2-8,13,16-20H2,1H3,(H2,31,35)(H2,32,42)/t23-,24+,27-,28+/m0/s1. The summed E-state index contributed by atoms with van der Waals surface area (Å²) < 4.78 is 5.92. The maximum absolute atomic E-state index is 11.5. The first-order chi connectivity index (χ1) is 20.7. The summed E-state index contributed by atoms with van der Waals surface area (Å²) in [6.45, 7) is 3.52. The summed E-state index contributed by atoms with van der Waals surface area (Å²) in [5.74, 6) is 0.134. The van der Waals surface area contributed by atoms with Crippen molar-refractivity contribution in [1.29, 1.82) is 0 Å². The van der Waals surface area contributed by atoms with Gasteiger partial charge in [-0.15, -0.1) is 0 Å². The second kappa shape index (κ2) is 19.9. The van der Waals surface area contributed by atoms with Crippen molar-refractivity contribution in [1.82, 2.24) is 14.9 Å². The molecule has 13 nitrogen and oxygen atoms in total. The highest BCUT2D eigenvalue weighted by Crippen LogP contribution is 2.15. The van der Waals surface area contributed by atoms with E-state index in [0.717, 1.165) is 50.5 Å². The minimum Gasteiger partial charge on any atom is -0.492 e. The number of amidine groups is 1. The molecule has 0 saturated heterocycles. The minimum absolute atomic E-state index is 0.00282. The lowest BCUT2D eigenvalue weighted by molar-refractivity contribution is -0.119. The number of nitrogens with two attached hydrogens (primary N) is 2. The number of ether oxygens (including phenoxy) is 1. The SMILES string of the molecule is CCCCCCN(CCOc1ccc(CCCCN=C(N)c2nccnc2C(N)=O)cc1)C[C@H](O)[C@H](O)[C@H](O)[C@H](O)CO. The van der Waals surface area contributed by atoms with Gasteiger partial charge in [0.25, 0.3) is 5.91 Å². The molecule has 0 unspecified atom stereocenters. The van der Waals surface area contributed by atoms with E-state index in [1.807, 2.05) is 29.2 Å². The molecule has 0 spiro atoms. The predicted octanol–water partition coefficient (Wildman–Crippen LogP) is 0.000700. The molecule has 0 radical (unpaired) electrons. The van der Waals surface area contributed by atoms with Gasteiger partial charge in [-0.3, -0.25) is 14.7 Å². The second-order valence-electron chi connectivity index (χ2n) is 10.5. The van der Waals surface area contributed by atoms with Crippen molar-refractivity contribution < 1.29 is 35.1 Å². The number of aliphatic hydroxyl groups excluding tert-OH is 5. The molecular formula is C30H48N6O7. The largest absolute Gasteiger partial charge is 0.492 e. The van der Waals surface area contributed by atoms with Crippen molar-refractivity contribution in [3.05, 3.63) is 53.6 Å². The van der Waals surface area contributed by atoms with Crippen molar-refractivity contribution in [2.45, 2.75) is 76.3 Å². The van der Waals surface area contributed by atoms with Crippen LogP contribution in [0.1, 0.15) is 67.2 Å². The number of amides is 1. The Morgan fingerprint density at radius 3 is 2.23 bits per heavy atom. The van der Waals surface area contributed by atoms with Crippen molar-refractivity contribution in [2.24, 2.45) is 16.5 Å². The third kappa shape index (κ3) is 12.9. The van der Waals surface area contributed by atoms with Crippen LogP contribution < -0.4 is 16.2 Å². The Balaban J connectivity index is 1.79. The fraction of sp³-hybridized carbons (Fsp3) is 0.600. The van der Waals surface area contributed by atoms with Crippen LogP contribution in [-0.2, 0) is 6.42 Å². The number of nitrogens with zero attached hydrogens (tertiary/aromatic N) is 4. The average molecular weight is 605 g/mol. The molecule has 1 heterocycles. The normalized spacial score (nSPS) is 14.8. The summed E-state index contributed by atoms with van der Waals surface area (Å²) in [6.07, 6.45) is 3.39. The predicted molar refractivity (Wildman–Crippen MR) is 163 cm³/mol. The minimum atomic E-state index is -1.65. The third-order valence-electron chi connectivity index (χ3n) is 7.03. The van der Waals surface area contributed by atoms with E-state index >= 15 is 0 Å². The molecule has 4 atom stereocenters. The van der Waals surface area contributed by atoms with Crippen molar-refractivity contribution in [3.63, 3.8) is 0 Å². The Morgan fingerprint density at radius 2 is 1.58 bits per heavy atom. The van der Waals surface area contributed by atoms with Crippen molar-refractivity contribution in [3.8, 4) is 5.75 Å². The Bertz CT molecular complexity index is 1100. The maximum atomic E-state index is 11.5. The summed E-state index contributed by atoms with van der Waals surface area (Å²) in [6, 6.07) is 7.81. The van der Waals surface area contributed by atoms with Gasteiger partial charge in [0.2, 0.25) is 0 Å². The van der Waals surface area contributed by atoms with E-state index in [9.17, 15) is 25.2 Å². The average Bonchev–Trinajstić information content (AvgIpc) is 3.02. The number of hydrogen-bond donors (Lipinski definition) is 7. The number of aromatic nitrogens is 2. The number of unbranched alkanes of at least 4 members (excludes halogenated alkanes) is 4. The summed E-state index contributed by atoms with van der Waals surface area (Å²) in [4.78, 5) is 25.7. The number of aliphatic hydroxyl groups is 5. The molecule has 0 aliphatic rings. The van der Waals surface area contributed by atoms with Gasteiger partial charge in [-0.2, -0.15) is 0 Å². The molecule has 0 saturated carbocycles. The number of aliphatic imine (C=N–C) groups is 1.